The summed E-state index contributed by atoms with van der Waals surface area (Å²) in [6, 6.07) is 8.04. The van der Waals surface area contributed by atoms with Crippen LogP contribution in [0.3, 0.4) is 0 Å². The van der Waals surface area contributed by atoms with Crippen molar-refractivity contribution in [3.8, 4) is 11.3 Å². The van der Waals surface area contributed by atoms with Gasteiger partial charge in [0.2, 0.25) is 0 Å². The first-order valence-electron chi connectivity index (χ1n) is 6.54. The Bertz CT molecular complexity index is 869. The van der Waals surface area contributed by atoms with Gasteiger partial charge in [-0.05, 0) is 43.0 Å². The summed E-state index contributed by atoms with van der Waals surface area (Å²) in [5.41, 5.74) is 1.26. The van der Waals surface area contributed by atoms with Crippen LogP contribution in [0.5, 0.6) is 0 Å². The van der Waals surface area contributed by atoms with Crippen LogP contribution in [0.2, 0.25) is 0 Å². The van der Waals surface area contributed by atoms with E-state index in [-0.39, 0.29) is 10.6 Å². The number of nitro benzene ring substituents is 1. The molecule has 1 aliphatic rings. The zero-order valence-electron chi connectivity index (χ0n) is 11.9. The first-order chi connectivity index (χ1) is 10.9. The van der Waals surface area contributed by atoms with Gasteiger partial charge in [-0.2, -0.15) is 0 Å². The van der Waals surface area contributed by atoms with Crippen molar-refractivity contribution in [3.05, 3.63) is 56.7 Å². The number of carbonyl (C=O) groups is 2. The Balaban J connectivity index is 1.89. The summed E-state index contributed by atoms with van der Waals surface area (Å²) in [7, 11) is 0. The number of benzene rings is 1. The highest BCUT2D eigenvalue weighted by Gasteiger charge is 2.25. The zero-order valence-corrected chi connectivity index (χ0v) is 12.7. The Hall–Kier alpha value is -2.87. The fourth-order valence-electron chi connectivity index (χ4n) is 2.15. The average Bonchev–Trinajstić information content (AvgIpc) is 3.06. The van der Waals surface area contributed by atoms with Gasteiger partial charge in [-0.1, -0.05) is 0 Å². The molecule has 0 radical (unpaired) electrons. The average molecular weight is 330 g/mol. The minimum atomic E-state index is -0.455. The van der Waals surface area contributed by atoms with E-state index in [1.165, 1.54) is 12.1 Å². The van der Waals surface area contributed by atoms with Crippen molar-refractivity contribution in [1.29, 1.82) is 0 Å². The number of amides is 2. The molecule has 1 N–H and O–H groups in total. The predicted octanol–water partition coefficient (Wildman–Crippen LogP) is 3.49. The first-order valence-corrected chi connectivity index (χ1v) is 7.36. The molecular weight excluding hydrogens is 320 g/mol. The van der Waals surface area contributed by atoms with Gasteiger partial charge in [0.05, 0.1) is 9.83 Å². The molecule has 2 heterocycles. The van der Waals surface area contributed by atoms with E-state index in [0.29, 0.717) is 22.6 Å². The van der Waals surface area contributed by atoms with Gasteiger partial charge in [-0.15, -0.1) is 0 Å². The van der Waals surface area contributed by atoms with Gasteiger partial charge >= 0.3 is 0 Å². The Morgan fingerprint density at radius 1 is 1.26 bits per heavy atom. The molecule has 8 heteroatoms. The Morgan fingerprint density at radius 2 is 2.04 bits per heavy atom. The fourth-order valence-corrected chi connectivity index (χ4v) is 2.81. The van der Waals surface area contributed by atoms with Crippen molar-refractivity contribution < 1.29 is 18.9 Å². The van der Waals surface area contributed by atoms with E-state index >= 15 is 0 Å². The third-order valence-corrected chi connectivity index (χ3v) is 4.03. The van der Waals surface area contributed by atoms with Crippen molar-refractivity contribution in [2.24, 2.45) is 0 Å². The molecule has 1 aliphatic heterocycles. The lowest BCUT2D eigenvalue weighted by molar-refractivity contribution is -0.385. The van der Waals surface area contributed by atoms with Crippen LogP contribution in [0.25, 0.3) is 17.4 Å². The number of furan rings is 1. The monoisotopic (exact) mass is 330 g/mol. The summed E-state index contributed by atoms with van der Waals surface area (Å²) >= 11 is 0.808. The molecule has 1 saturated heterocycles. The Labute approximate surface area is 134 Å². The van der Waals surface area contributed by atoms with Gasteiger partial charge in [0.25, 0.3) is 16.8 Å². The normalized spacial score (nSPS) is 16.0. The second-order valence-corrected chi connectivity index (χ2v) is 5.83. The number of hydrogen-bond acceptors (Lipinski definition) is 6. The number of nitrogens with one attached hydrogen (secondary N) is 1. The van der Waals surface area contributed by atoms with E-state index in [4.69, 9.17) is 4.42 Å². The number of nitro groups is 1. The van der Waals surface area contributed by atoms with Crippen molar-refractivity contribution >= 4 is 34.7 Å². The summed E-state index contributed by atoms with van der Waals surface area (Å²) in [4.78, 5) is 33.2. The molecule has 1 aromatic carbocycles. The Kier molecular flexibility index (Phi) is 3.75. The molecule has 0 aliphatic carbocycles. The number of hydrogen-bond donors (Lipinski definition) is 1. The van der Waals surface area contributed by atoms with Crippen LogP contribution < -0.4 is 5.32 Å². The minimum absolute atomic E-state index is 0.0418. The number of carbonyl (C=O) groups excluding carboxylic acids is 2. The molecule has 0 bridgehead atoms. The van der Waals surface area contributed by atoms with Gasteiger partial charge in [0.1, 0.15) is 11.5 Å². The van der Waals surface area contributed by atoms with Crippen LogP contribution in [0.15, 0.2) is 39.7 Å². The molecule has 1 aromatic heterocycles. The smallest absolute Gasteiger partial charge is 0.290 e. The van der Waals surface area contributed by atoms with Crippen molar-refractivity contribution in [2.45, 2.75) is 6.92 Å². The summed E-state index contributed by atoms with van der Waals surface area (Å²) in [5, 5.41) is 12.6. The highest BCUT2D eigenvalue weighted by molar-refractivity contribution is 8.18. The first kappa shape index (κ1) is 15.0. The highest BCUT2D eigenvalue weighted by atomic mass is 32.2. The van der Waals surface area contributed by atoms with Crippen LogP contribution in [0.1, 0.15) is 11.3 Å². The molecule has 7 nitrogen and oxygen atoms in total. The molecule has 3 rings (SSSR count). The van der Waals surface area contributed by atoms with E-state index in [2.05, 4.69) is 5.32 Å². The Morgan fingerprint density at radius 3 is 2.65 bits per heavy atom. The van der Waals surface area contributed by atoms with E-state index in [9.17, 15) is 19.7 Å². The number of rotatable bonds is 3. The SMILES string of the molecule is Cc1cc(-c2ccc(C=C3SC(=O)NC3=O)o2)ccc1[N+](=O)[O-]. The van der Waals surface area contributed by atoms with Crippen LogP contribution >= 0.6 is 11.8 Å². The molecule has 0 spiro atoms. The summed E-state index contributed by atoms with van der Waals surface area (Å²) in [5.74, 6) is 0.483. The molecule has 2 aromatic rings. The maximum absolute atomic E-state index is 11.5. The van der Waals surface area contributed by atoms with E-state index in [1.807, 2.05) is 0 Å². The van der Waals surface area contributed by atoms with Crippen molar-refractivity contribution in [3.63, 3.8) is 0 Å². The lowest BCUT2D eigenvalue weighted by Gasteiger charge is -2.00. The lowest BCUT2D eigenvalue weighted by Crippen LogP contribution is -2.17. The van der Waals surface area contributed by atoms with Crippen LogP contribution in [0, 0.1) is 17.0 Å². The van der Waals surface area contributed by atoms with Gasteiger partial charge in [-0.3, -0.25) is 25.0 Å². The number of imide groups is 1. The highest BCUT2D eigenvalue weighted by Crippen LogP contribution is 2.30. The molecule has 0 saturated carbocycles. The van der Waals surface area contributed by atoms with Gasteiger partial charge in [0.15, 0.2) is 0 Å². The van der Waals surface area contributed by atoms with Crippen molar-refractivity contribution in [2.75, 3.05) is 0 Å². The van der Waals surface area contributed by atoms with Gasteiger partial charge in [0, 0.05) is 23.3 Å². The fraction of sp³-hybridized carbons (Fsp3) is 0.0667. The molecular formula is C15H10N2O5S. The quantitative estimate of drug-likeness (QED) is 0.525. The summed E-state index contributed by atoms with van der Waals surface area (Å²) in [6.45, 7) is 1.65. The van der Waals surface area contributed by atoms with E-state index in [0.717, 1.165) is 11.8 Å². The summed E-state index contributed by atoms with van der Waals surface area (Å²) in [6.07, 6.45) is 1.48. The molecule has 23 heavy (non-hydrogen) atoms. The van der Waals surface area contributed by atoms with Crippen molar-refractivity contribution in [1.82, 2.24) is 5.32 Å². The van der Waals surface area contributed by atoms with E-state index < -0.39 is 16.1 Å². The molecule has 1 fully saturated rings. The molecule has 0 atom stereocenters. The molecule has 0 unspecified atom stereocenters. The van der Waals surface area contributed by atoms with Gasteiger partial charge in [-0.25, -0.2) is 0 Å². The maximum atomic E-state index is 11.5. The van der Waals surface area contributed by atoms with Crippen LogP contribution in [0.4, 0.5) is 10.5 Å². The standard InChI is InChI=1S/C15H10N2O5S/c1-8-6-9(2-4-11(8)17(20)21)12-5-3-10(22-12)7-13-14(18)16-15(19)23-13/h2-7H,1H3,(H,16,18,19). The zero-order chi connectivity index (χ0) is 16.6. The molecule has 2 amide bonds. The molecule has 116 valence electrons. The number of thioether (sulfide) groups is 1. The third-order valence-electron chi connectivity index (χ3n) is 3.22. The van der Waals surface area contributed by atoms with Crippen LogP contribution in [-0.2, 0) is 4.79 Å². The second kappa shape index (κ2) is 5.73. The third kappa shape index (κ3) is 3.02. The number of aryl methyl sites for hydroxylation is 1. The predicted molar refractivity (Wildman–Crippen MR) is 84.6 cm³/mol. The second-order valence-electron chi connectivity index (χ2n) is 4.81. The summed E-state index contributed by atoms with van der Waals surface area (Å²) < 4.78 is 5.62. The lowest BCUT2D eigenvalue weighted by atomic mass is 10.1. The van der Waals surface area contributed by atoms with Crippen LogP contribution in [-0.4, -0.2) is 16.1 Å². The largest absolute Gasteiger partial charge is 0.457 e. The van der Waals surface area contributed by atoms with E-state index in [1.54, 1.807) is 31.2 Å². The van der Waals surface area contributed by atoms with Gasteiger partial charge < -0.3 is 4.42 Å². The number of nitrogens with zero attached hydrogens (tertiary/aromatic N) is 1. The maximum Gasteiger partial charge on any atom is 0.290 e. The topological polar surface area (TPSA) is 102 Å². The minimum Gasteiger partial charge on any atom is -0.457 e.